The Morgan fingerprint density at radius 3 is 2.95 bits per heavy atom. The minimum absolute atomic E-state index is 0.00563. The van der Waals surface area contributed by atoms with E-state index in [1.165, 1.54) is 0 Å². The highest BCUT2D eigenvalue weighted by molar-refractivity contribution is 5.84. The quantitative estimate of drug-likeness (QED) is 0.908. The van der Waals surface area contributed by atoms with E-state index < -0.39 is 0 Å². The molecule has 3 rings (SSSR count). The van der Waals surface area contributed by atoms with Crippen LogP contribution in [0.5, 0.6) is 5.75 Å². The molecule has 0 radical (unpaired) electrons. The minimum Gasteiger partial charge on any atom is -0.485 e. The fourth-order valence-corrected chi connectivity index (χ4v) is 2.55. The Morgan fingerprint density at radius 1 is 1.30 bits per heavy atom. The average Bonchev–Trinajstić information content (AvgIpc) is 2.47. The number of nitrogens with two attached hydrogens (primary N) is 1. The number of ether oxygens (including phenoxy) is 2. The summed E-state index contributed by atoms with van der Waals surface area (Å²) in [5.74, 6) is 0.810. The number of benzene rings is 1. The molecule has 1 aromatic carbocycles. The number of rotatable bonds is 5. The maximum Gasteiger partial charge on any atom is 0.146 e. The lowest BCUT2D eigenvalue weighted by Crippen LogP contribution is -2.59. The second-order valence-electron chi connectivity index (χ2n) is 5.22. The van der Waals surface area contributed by atoms with Crippen molar-refractivity contribution in [3.63, 3.8) is 0 Å². The lowest BCUT2D eigenvalue weighted by atomic mass is 9.86. The van der Waals surface area contributed by atoms with Gasteiger partial charge in [-0.15, -0.1) is 0 Å². The summed E-state index contributed by atoms with van der Waals surface area (Å²) in [4.78, 5) is 4.40. The van der Waals surface area contributed by atoms with Gasteiger partial charge in [0.2, 0.25) is 0 Å². The number of hydrogen-bond donors (Lipinski definition) is 1. The first kappa shape index (κ1) is 13.3. The third-order valence-electron chi connectivity index (χ3n) is 3.68. The van der Waals surface area contributed by atoms with Crippen LogP contribution in [0.2, 0.25) is 0 Å². The van der Waals surface area contributed by atoms with Crippen LogP contribution < -0.4 is 10.5 Å². The molecule has 0 bridgehead atoms. The van der Waals surface area contributed by atoms with Gasteiger partial charge in [0.05, 0.1) is 0 Å². The highest BCUT2D eigenvalue weighted by Gasteiger charge is 2.41. The highest BCUT2D eigenvalue weighted by atomic mass is 16.5. The molecular formula is C16H20N2O2. The first-order valence-corrected chi connectivity index (χ1v) is 7.17. The van der Waals surface area contributed by atoms with E-state index in [-0.39, 0.29) is 18.2 Å². The van der Waals surface area contributed by atoms with Crippen molar-refractivity contribution < 1.29 is 9.47 Å². The number of fused-ring (bicyclic) bond motifs is 1. The van der Waals surface area contributed by atoms with Crippen LogP contribution in [0.25, 0.3) is 10.9 Å². The zero-order valence-corrected chi connectivity index (χ0v) is 11.7. The van der Waals surface area contributed by atoms with E-state index >= 15 is 0 Å². The van der Waals surface area contributed by atoms with Crippen LogP contribution in [0.1, 0.15) is 19.8 Å². The number of pyridine rings is 1. The zero-order chi connectivity index (χ0) is 13.9. The third kappa shape index (κ3) is 2.49. The Hall–Kier alpha value is -1.65. The molecule has 2 aromatic rings. The van der Waals surface area contributed by atoms with Gasteiger partial charge in [0.25, 0.3) is 0 Å². The van der Waals surface area contributed by atoms with Gasteiger partial charge in [-0.1, -0.05) is 25.1 Å². The summed E-state index contributed by atoms with van der Waals surface area (Å²) < 4.78 is 11.8. The van der Waals surface area contributed by atoms with Crippen LogP contribution in [0.3, 0.4) is 0 Å². The number of para-hydroxylation sites is 1. The Morgan fingerprint density at radius 2 is 2.15 bits per heavy atom. The van der Waals surface area contributed by atoms with E-state index in [1.54, 1.807) is 6.20 Å². The smallest absolute Gasteiger partial charge is 0.146 e. The average molecular weight is 272 g/mol. The Bertz CT molecular complexity index is 582. The summed E-state index contributed by atoms with van der Waals surface area (Å²) in [6.45, 7) is 2.82. The maximum absolute atomic E-state index is 6.08. The fourth-order valence-electron chi connectivity index (χ4n) is 2.55. The summed E-state index contributed by atoms with van der Waals surface area (Å²) in [5, 5.41) is 1.08. The van der Waals surface area contributed by atoms with Gasteiger partial charge in [-0.25, -0.2) is 0 Å². The lowest BCUT2D eigenvalue weighted by Gasteiger charge is -2.41. The molecule has 2 N–H and O–H groups in total. The largest absolute Gasteiger partial charge is 0.485 e. The number of nitrogens with zero attached hydrogens (tertiary/aromatic N) is 1. The molecular weight excluding hydrogens is 252 g/mol. The van der Waals surface area contributed by atoms with Gasteiger partial charge in [-0.2, -0.15) is 0 Å². The van der Waals surface area contributed by atoms with Crippen molar-refractivity contribution in [1.29, 1.82) is 0 Å². The van der Waals surface area contributed by atoms with Crippen molar-refractivity contribution in [2.24, 2.45) is 5.73 Å². The van der Waals surface area contributed by atoms with Gasteiger partial charge in [0, 0.05) is 30.7 Å². The summed E-state index contributed by atoms with van der Waals surface area (Å²) in [6.07, 6.45) is 3.63. The van der Waals surface area contributed by atoms with Gasteiger partial charge in [0.15, 0.2) is 0 Å². The Labute approximate surface area is 118 Å². The molecule has 20 heavy (non-hydrogen) atoms. The predicted molar refractivity (Wildman–Crippen MR) is 78.8 cm³/mol. The van der Waals surface area contributed by atoms with Crippen molar-refractivity contribution in [1.82, 2.24) is 4.98 Å². The van der Waals surface area contributed by atoms with Crippen molar-refractivity contribution in [3.05, 3.63) is 36.5 Å². The molecule has 4 nitrogen and oxygen atoms in total. The molecule has 4 heteroatoms. The van der Waals surface area contributed by atoms with Crippen LogP contribution in [-0.2, 0) is 4.74 Å². The standard InChI is InChI=1S/C16H20N2O2/c1-2-9-19-16-12(17)10-14(16)20-13-7-3-5-11-6-4-8-18-15(11)13/h3-8,12,14,16H,2,9-10,17H2,1H3. The van der Waals surface area contributed by atoms with Crippen molar-refractivity contribution in [2.45, 2.75) is 38.0 Å². The van der Waals surface area contributed by atoms with E-state index in [9.17, 15) is 0 Å². The minimum atomic E-state index is -0.00563. The second-order valence-corrected chi connectivity index (χ2v) is 5.22. The molecule has 1 fully saturated rings. The van der Waals surface area contributed by atoms with Crippen LogP contribution in [0.4, 0.5) is 0 Å². The fraction of sp³-hybridized carbons (Fsp3) is 0.438. The predicted octanol–water partition coefficient (Wildman–Crippen LogP) is 2.51. The zero-order valence-electron chi connectivity index (χ0n) is 11.7. The highest BCUT2D eigenvalue weighted by Crippen LogP contribution is 2.31. The summed E-state index contributed by atoms with van der Waals surface area (Å²) >= 11 is 0. The molecule has 1 aliphatic rings. The van der Waals surface area contributed by atoms with Crippen LogP contribution in [0.15, 0.2) is 36.5 Å². The van der Waals surface area contributed by atoms with E-state index in [0.29, 0.717) is 0 Å². The normalized spacial score (nSPS) is 25.4. The molecule has 3 atom stereocenters. The summed E-state index contributed by atoms with van der Waals surface area (Å²) in [5.41, 5.74) is 6.89. The summed E-state index contributed by atoms with van der Waals surface area (Å²) in [7, 11) is 0. The number of aromatic nitrogens is 1. The molecule has 1 saturated carbocycles. The van der Waals surface area contributed by atoms with Crippen molar-refractivity contribution in [2.75, 3.05) is 6.61 Å². The van der Waals surface area contributed by atoms with E-state index in [4.69, 9.17) is 15.2 Å². The van der Waals surface area contributed by atoms with Crippen LogP contribution in [-0.4, -0.2) is 29.8 Å². The van der Waals surface area contributed by atoms with E-state index in [2.05, 4.69) is 11.9 Å². The molecule has 1 aliphatic carbocycles. The van der Waals surface area contributed by atoms with Crippen molar-refractivity contribution >= 4 is 10.9 Å². The molecule has 0 saturated heterocycles. The molecule has 0 aliphatic heterocycles. The van der Waals surface area contributed by atoms with Gasteiger partial charge < -0.3 is 15.2 Å². The molecule has 106 valence electrons. The van der Waals surface area contributed by atoms with Gasteiger partial charge in [-0.05, 0) is 18.6 Å². The lowest BCUT2D eigenvalue weighted by molar-refractivity contribution is -0.0976. The van der Waals surface area contributed by atoms with E-state index in [1.807, 2.05) is 30.3 Å². The Kier molecular flexibility index (Phi) is 3.85. The van der Waals surface area contributed by atoms with Crippen LogP contribution >= 0.6 is 0 Å². The molecule has 3 unspecified atom stereocenters. The maximum atomic E-state index is 6.08. The van der Waals surface area contributed by atoms with E-state index in [0.717, 1.165) is 36.1 Å². The first-order chi connectivity index (χ1) is 9.79. The third-order valence-corrected chi connectivity index (χ3v) is 3.68. The first-order valence-electron chi connectivity index (χ1n) is 7.17. The second kappa shape index (κ2) is 5.77. The monoisotopic (exact) mass is 272 g/mol. The molecule has 1 aromatic heterocycles. The number of hydrogen-bond acceptors (Lipinski definition) is 4. The molecule has 0 amide bonds. The molecule has 1 heterocycles. The van der Waals surface area contributed by atoms with Gasteiger partial charge in [0.1, 0.15) is 23.5 Å². The van der Waals surface area contributed by atoms with Gasteiger partial charge in [-0.3, -0.25) is 4.98 Å². The summed E-state index contributed by atoms with van der Waals surface area (Å²) in [6, 6.07) is 10.0. The van der Waals surface area contributed by atoms with Gasteiger partial charge >= 0.3 is 0 Å². The molecule has 0 spiro atoms. The topological polar surface area (TPSA) is 57.4 Å². The SMILES string of the molecule is CCCOC1C(N)CC1Oc1cccc2cccnc12. The Balaban J connectivity index is 1.76. The van der Waals surface area contributed by atoms with Crippen molar-refractivity contribution in [3.8, 4) is 5.75 Å². The van der Waals surface area contributed by atoms with Crippen LogP contribution in [0, 0.1) is 0 Å².